The predicted octanol–water partition coefficient (Wildman–Crippen LogP) is 2.91. The maximum absolute atomic E-state index is 11.8. The van der Waals surface area contributed by atoms with E-state index in [1.165, 1.54) is 12.8 Å². The Morgan fingerprint density at radius 1 is 1.37 bits per heavy atom. The monoisotopic (exact) mass is 257 g/mol. The fraction of sp³-hybridized carbons (Fsp3) is 0.286. The Bertz CT molecular complexity index is 588. The Morgan fingerprint density at radius 2 is 2.11 bits per heavy atom. The van der Waals surface area contributed by atoms with E-state index in [0.717, 1.165) is 5.69 Å². The quantitative estimate of drug-likeness (QED) is 0.919. The van der Waals surface area contributed by atoms with Crippen LogP contribution in [0.3, 0.4) is 0 Å². The lowest BCUT2D eigenvalue weighted by Crippen LogP contribution is -2.18. The molecule has 0 unspecified atom stereocenters. The van der Waals surface area contributed by atoms with Gasteiger partial charge < -0.3 is 4.74 Å². The minimum Gasteiger partial charge on any atom is -0.391 e. The first-order valence-electron chi connectivity index (χ1n) is 6.30. The van der Waals surface area contributed by atoms with Crippen LogP contribution in [0, 0.1) is 0 Å². The topological polar surface area (TPSA) is 56.2 Å². The Morgan fingerprint density at radius 3 is 2.79 bits per heavy atom. The summed E-state index contributed by atoms with van der Waals surface area (Å²) in [6.45, 7) is 0. The minimum atomic E-state index is -0.503. The van der Waals surface area contributed by atoms with Gasteiger partial charge in [-0.25, -0.2) is 9.48 Å². The van der Waals surface area contributed by atoms with Crippen molar-refractivity contribution in [3.8, 4) is 5.88 Å². The van der Waals surface area contributed by atoms with Crippen LogP contribution in [0.1, 0.15) is 24.5 Å². The predicted molar refractivity (Wildman–Crippen MR) is 71.3 cm³/mol. The van der Waals surface area contributed by atoms with Crippen molar-refractivity contribution in [2.75, 3.05) is 5.32 Å². The van der Waals surface area contributed by atoms with Crippen molar-refractivity contribution in [2.24, 2.45) is 7.05 Å². The zero-order valence-corrected chi connectivity index (χ0v) is 10.7. The molecule has 2 aromatic rings. The lowest BCUT2D eigenvalue weighted by atomic mass is 10.3. The molecular weight excluding hydrogens is 242 g/mol. The SMILES string of the molecule is Cn1nc(C2CC2)cc1OC(=O)Nc1ccccc1. The Balaban J connectivity index is 1.66. The standard InChI is InChI=1S/C14H15N3O2/c1-17-13(9-12(16-17)10-7-8-10)19-14(18)15-11-5-3-2-4-6-11/h2-6,9-10H,7-8H2,1H3,(H,15,18). The second kappa shape index (κ2) is 4.76. The molecule has 1 amide bonds. The molecule has 3 rings (SSSR count). The van der Waals surface area contributed by atoms with Crippen molar-refractivity contribution < 1.29 is 9.53 Å². The molecule has 0 bridgehead atoms. The molecular formula is C14H15N3O2. The Hall–Kier alpha value is -2.30. The molecule has 1 fully saturated rings. The highest BCUT2D eigenvalue weighted by atomic mass is 16.6. The number of anilines is 1. The van der Waals surface area contributed by atoms with Crippen molar-refractivity contribution in [1.29, 1.82) is 0 Å². The lowest BCUT2D eigenvalue weighted by Gasteiger charge is -2.05. The first-order chi connectivity index (χ1) is 9.22. The molecule has 1 aromatic carbocycles. The van der Waals surface area contributed by atoms with Crippen LogP contribution >= 0.6 is 0 Å². The largest absolute Gasteiger partial charge is 0.418 e. The van der Waals surface area contributed by atoms with Crippen LogP contribution in [0.2, 0.25) is 0 Å². The molecule has 19 heavy (non-hydrogen) atoms. The summed E-state index contributed by atoms with van der Waals surface area (Å²) < 4.78 is 6.85. The van der Waals surface area contributed by atoms with Crippen LogP contribution < -0.4 is 10.1 Å². The normalized spacial score (nSPS) is 14.2. The average Bonchev–Trinajstić information content (AvgIpc) is 3.17. The number of para-hydroxylation sites is 1. The van der Waals surface area contributed by atoms with Gasteiger partial charge in [-0.15, -0.1) is 0 Å². The van der Waals surface area contributed by atoms with Crippen LogP contribution in [0.25, 0.3) is 0 Å². The summed E-state index contributed by atoms with van der Waals surface area (Å²) in [6.07, 6.45) is 1.84. The van der Waals surface area contributed by atoms with E-state index in [1.807, 2.05) is 24.3 Å². The summed E-state index contributed by atoms with van der Waals surface area (Å²) in [5.74, 6) is 1.01. The number of nitrogens with one attached hydrogen (secondary N) is 1. The number of hydrogen-bond acceptors (Lipinski definition) is 3. The van der Waals surface area contributed by atoms with Gasteiger partial charge in [0.25, 0.3) is 0 Å². The molecule has 0 spiro atoms. The summed E-state index contributed by atoms with van der Waals surface area (Å²) in [7, 11) is 1.77. The Labute approximate surface area is 111 Å². The molecule has 1 saturated carbocycles. The van der Waals surface area contributed by atoms with Crippen molar-refractivity contribution in [3.05, 3.63) is 42.1 Å². The van der Waals surface area contributed by atoms with Crippen molar-refractivity contribution in [1.82, 2.24) is 9.78 Å². The number of rotatable bonds is 3. The minimum absolute atomic E-state index is 0.468. The van der Waals surface area contributed by atoms with E-state index in [-0.39, 0.29) is 0 Å². The van der Waals surface area contributed by atoms with E-state index in [2.05, 4.69) is 10.4 Å². The van der Waals surface area contributed by atoms with E-state index in [1.54, 1.807) is 23.9 Å². The molecule has 98 valence electrons. The van der Waals surface area contributed by atoms with Gasteiger partial charge in [-0.2, -0.15) is 5.10 Å². The number of aromatic nitrogens is 2. The molecule has 0 radical (unpaired) electrons. The molecule has 0 saturated heterocycles. The molecule has 1 aromatic heterocycles. The molecule has 1 aliphatic carbocycles. The summed E-state index contributed by atoms with van der Waals surface area (Å²) >= 11 is 0. The third-order valence-electron chi connectivity index (χ3n) is 3.07. The third kappa shape index (κ3) is 2.76. The van der Waals surface area contributed by atoms with Gasteiger partial charge in [0.2, 0.25) is 5.88 Å². The summed E-state index contributed by atoms with van der Waals surface area (Å²) in [4.78, 5) is 11.8. The van der Waals surface area contributed by atoms with Gasteiger partial charge in [0.1, 0.15) is 0 Å². The molecule has 5 heteroatoms. The van der Waals surface area contributed by atoms with Crippen LogP contribution in [-0.2, 0) is 7.05 Å². The molecule has 1 N–H and O–H groups in total. The zero-order valence-electron chi connectivity index (χ0n) is 10.7. The number of carbonyl (C=O) groups is 1. The highest BCUT2D eigenvalue weighted by Crippen LogP contribution is 2.40. The second-order valence-electron chi connectivity index (χ2n) is 4.69. The molecule has 5 nitrogen and oxygen atoms in total. The van der Waals surface area contributed by atoms with E-state index in [0.29, 0.717) is 17.5 Å². The summed E-state index contributed by atoms with van der Waals surface area (Å²) in [5.41, 5.74) is 1.71. The average molecular weight is 257 g/mol. The van der Waals surface area contributed by atoms with Gasteiger partial charge in [-0.1, -0.05) is 18.2 Å². The van der Waals surface area contributed by atoms with Gasteiger partial charge in [0, 0.05) is 24.7 Å². The number of ether oxygens (including phenoxy) is 1. The molecule has 1 aliphatic rings. The fourth-order valence-electron chi connectivity index (χ4n) is 1.91. The molecule has 0 aliphatic heterocycles. The van der Waals surface area contributed by atoms with E-state index < -0.39 is 6.09 Å². The first kappa shape index (κ1) is 11.8. The highest BCUT2D eigenvalue weighted by molar-refractivity contribution is 5.85. The number of carbonyl (C=O) groups excluding carboxylic acids is 1. The van der Waals surface area contributed by atoms with Crippen LogP contribution in [0.15, 0.2) is 36.4 Å². The smallest absolute Gasteiger partial charge is 0.391 e. The van der Waals surface area contributed by atoms with Gasteiger partial charge in [-0.3, -0.25) is 5.32 Å². The molecule has 0 atom stereocenters. The van der Waals surface area contributed by atoms with Crippen molar-refractivity contribution in [3.63, 3.8) is 0 Å². The maximum Gasteiger partial charge on any atom is 0.418 e. The molecule has 1 heterocycles. The number of nitrogens with zero attached hydrogens (tertiary/aromatic N) is 2. The van der Waals surface area contributed by atoms with Gasteiger partial charge in [0.05, 0.1) is 5.69 Å². The van der Waals surface area contributed by atoms with E-state index in [9.17, 15) is 4.79 Å². The van der Waals surface area contributed by atoms with Crippen LogP contribution in [0.4, 0.5) is 10.5 Å². The first-order valence-corrected chi connectivity index (χ1v) is 6.30. The maximum atomic E-state index is 11.8. The number of benzene rings is 1. The lowest BCUT2D eigenvalue weighted by molar-refractivity contribution is 0.211. The number of aryl methyl sites for hydroxylation is 1. The van der Waals surface area contributed by atoms with Gasteiger partial charge in [-0.05, 0) is 25.0 Å². The second-order valence-corrected chi connectivity index (χ2v) is 4.69. The van der Waals surface area contributed by atoms with Gasteiger partial charge >= 0.3 is 6.09 Å². The van der Waals surface area contributed by atoms with Crippen LogP contribution in [-0.4, -0.2) is 15.9 Å². The number of amides is 1. The van der Waals surface area contributed by atoms with E-state index in [4.69, 9.17) is 4.74 Å². The number of hydrogen-bond donors (Lipinski definition) is 1. The summed E-state index contributed by atoms with van der Waals surface area (Å²) in [6, 6.07) is 11.0. The van der Waals surface area contributed by atoms with Crippen molar-refractivity contribution in [2.45, 2.75) is 18.8 Å². The Kier molecular flexibility index (Phi) is 2.95. The third-order valence-corrected chi connectivity index (χ3v) is 3.07. The summed E-state index contributed by atoms with van der Waals surface area (Å²) in [5, 5.41) is 7.01. The van der Waals surface area contributed by atoms with Crippen LogP contribution in [0.5, 0.6) is 5.88 Å². The fourth-order valence-corrected chi connectivity index (χ4v) is 1.91. The van der Waals surface area contributed by atoms with E-state index >= 15 is 0 Å². The highest BCUT2D eigenvalue weighted by Gasteiger charge is 2.27. The zero-order chi connectivity index (χ0) is 13.2. The van der Waals surface area contributed by atoms with Gasteiger partial charge in [0.15, 0.2) is 0 Å². The van der Waals surface area contributed by atoms with Crippen molar-refractivity contribution >= 4 is 11.8 Å².